The van der Waals surface area contributed by atoms with E-state index in [-0.39, 0.29) is 17.8 Å². The minimum atomic E-state index is -1.05. The summed E-state index contributed by atoms with van der Waals surface area (Å²) >= 11 is 0. The number of aromatic nitrogens is 1. The van der Waals surface area contributed by atoms with Crippen LogP contribution in [-0.2, 0) is 5.41 Å². The number of hydrogen-bond donors (Lipinski definition) is 1. The molecule has 7 heteroatoms. The topological polar surface area (TPSA) is 93.6 Å². The van der Waals surface area contributed by atoms with Gasteiger partial charge in [0, 0.05) is 11.5 Å². The van der Waals surface area contributed by atoms with Gasteiger partial charge < -0.3 is 14.5 Å². The van der Waals surface area contributed by atoms with Crippen LogP contribution in [-0.4, -0.2) is 40.0 Å². The largest absolute Gasteiger partial charge is 0.371 e. The zero-order valence-electron chi connectivity index (χ0n) is 12.0. The van der Waals surface area contributed by atoms with E-state index < -0.39 is 18.3 Å². The van der Waals surface area contributed by atoms with E-state index in [0.717, 1.165) is 4.90 Å². The van der Waals surface area contributed by atoms with Crippen molar-refractivity contribution < 1.29 is 14.4 Å². The first-order valence-corrected chi connectivity index (χ1v) is 6.39. The lowest BCUT2D eigenvalue weighted by molar-refractivity contribution is 0.133. The molecule has 1 aliphatic rings. The molecule has 0 aromatic carbocycles. The maximum atomic E-state index is 12.2. The smallest absolute Gasteiger partial charge is 0.329 e. The fourth-order valence-electron chi connectivity index (χ4n) is 2.06. The van der Waals surface area contributed by atoms with E-state index in [0.29, 0.717) is 5.76 Å². The Morgan fingerprint density at radius 2 is 2.20 bits per heavy atom. The predicted molar refractivity (Wildman–Crippen MR) is 70.9 cm³/mol. The second-order valence-corrected chi connectivity index (χ2v) is 5.89. The molecule has 1 aromatic rings. The van der Waals surface area contributed by atoms with Gasteiger partial charge in [0.25, 0.3) is 0 Å². The van der Waals surface area contributed by atoms with Crippen LogP contribution in [0.5, 0.6) is 0 Å². The molecule has 2 rings (SSSR count). The normalized spacial score (nSPS) is 23.3. The molecular weight excluding hydrogens is 260 g/mol. The second kappa shape index (κ2) is 4.80. The lowest BCUT2D eigenvalue weighted by Crippen LogP contribution is -2.35. The van der Waals surface area contributed by atoms with E-state index in [2.05, 4.69) is 5.16 Å². The number of amides is 2. The van der Waals surface area contributed by atoms with Crippen molar-refractivity contribution in [3.8, 4) is 6.07 Å². The molecule has 1 N–H and O–H groups in total. The van der Waals surface area contributed by atoms with Crippen molar-refractivity contribution in [1.29, 1.82) is 5.26 Å². The van der Waals surface area contributed by atoms with Crippen LogP contribution in [0.4, 0.5) is 10.6 Å². The Labute approximate surface area is 117 Å². The van der Waals surface area contributed by atoms with Crippen molar-refractivity contribution in [1.82, 2.24) is 10.1 Å². The average molecular weight is 278 g/mol. The van der Waals surface area contributed by atoms with Crippen molar-refractivity contribution in [2.75, 3.05) is 11.4 Å². The Kier molecular flexibility index (Phi) is 3.44. The zero-order chi connectivity index (χ0) is 15.1. The van der Waals surface area contributed by atoms with Crippen molar-refractivity contribution in [3.05, 3.63) is 11.8 Å². The molecular formula is C13H18N4O3. The minimum Gasteiger partial charge on any atom is -0.371 e. The van der Waals surface area contributed by atoms with Crippen LogP contribution < -0.4 is 4.90 Å². The summed E-state index contributed by atoms with van der Waals surface area (Å²) in [5.74, 6) is 0.888. The van der Waals surface area contributed by atoms with Crippen LogP contribution >= 0.6 is 0 Å². The van der Waals surface area contributed by atoms with Gasteiger partial charge in [0.2, 0.25) is 0 Å². The molecule has 0 saturated carbocycles. The Morgan fingerprint density at radius 3 is 2.70 bits per heavy atom. The molecule has 2 atom stereocenters. The highest BCUT2D eigenvalue weighted by molar-refractivity contribution is 5.94. The molecule has 1 aromatic heterocycles. The van der Waals surface area contributed by atoms with E-state index in [1.807, 2.05) is 26.8 Å². The van der Waals surface area contributed by atoms with E-state index in [1.165, 1.54) is 4.90 Å². The maximum Gasteiger partial charge on any atom is 0.329 e. The number of aliphatic hydroxyl groups is 1. The van der Waals surface area contributed by atoms with Gasteiger partial charge in [-0.05, 0) is 6.92 Å². The average Bonchev–Trinajstić information content (AvgIpc) is 2.90. The Bertz CT molecular complexity index is 555. The SMILES string of the molecule is CC1C(O)N(c2cc(C(C)(C)C)on2)C(=O)N1CC#N. The van der Waals surface area contributed by atoms with Crippen molar-refractivity contribution >= 4 is 11.8 Å². The third kappa shape index (κ3) is 2.23. The van der Waals surface area contributed by atoms with Gasteiger partial charge in [0.1, 0.15) is 12.3 Å². The number of nitriles is 1. The molecule has 20 heavy (non-hydrogen) atoms. The summed E-state index contributed by atoms with van der Waals surface area (Å²) in [4.78, 5) is 14.7. The highest BCUT2D eigenvalue weighted by Gasteiger charge is 2.44. The summed E-state index contributed by atoms with van der Waals surface area (Å²) < 4.78 is 5.23. The third-order valence-corrected chi connectivity index (χ3v) is 3.36. The Balaban J connectivity index is 2.31. The number of carbonyl (C=O) groups excluding carboxylic acids is 1. The lowest BCUT2D eigenvalue weighted by atomic mass is 9.93. The molecule has 2 amide bonds. The number of urea groups is 1. The van der Waals surface area contributed by atoms with Gasteiger partial charge in [-0.1, -0.05) is 25.9 Å². The number of anilines is 1. The Hall–Kier alpha value is -2.07. The number of carbonyl (C=O) groups is 1. The molecule has 1 saturated heterocycles. The zero-order valence-corrected chi connectivity index (χ0v) is 12.0. The number of nitrogens with zero attached hydrogens (tertiary/aromatic N) is 4. The highest BCUT2D eigenvalue weighted by Crippen LogP contribution is 2.31. The fraction of sp³-hybridized carbons (Fsp3) is 0.615. The number of rotatable bonds is 2. The quantitative estimate of drug-likeness (QED) is 0.826. The number of aliphatic hydroxyl groups excluding tert-OH is 1. The predicted octanol–water partition coefficient (Wildman–Crippen LogP) is 1.44. The second-order valence-electron chi connectivity index (χ2n) is 5.89. The standard InChI is InChI=1S/C13H18N4O3/c1-8-11(18)17(12(19)16(8)6-5-14)10-7-9(20-15-10)13(2,3)4/h7-8,11,18H,6H2,1-4H3. The first-order valence-electron chi connectivity index (χ1n) is 6.39. The lowest BCUT2D eigenvalue weighted by Gasteiger charge is -2.17. The van der Waals surface area contributed by atoms with Crippen molar-refractivity contribution in [3.63, 3.8) is 0 Å². The van der Waals surface area contributed by atoms with Gasteiger partial charge >= 0.3 is 6.03 Å². The molecule has 108 valence electrons. The van der Waals surface area contributed by atoms with Crippen LogP contribution in [0, 0.1) is 11.3 Å². The van der Waals surface area contributed by atoms with E-state index in [9.17, 15) is 9.90 Å². The van der Waals surface area contributed by atoms with E-state index >= 15 is 0 Å². The van der Waals surface area contributed by atoms with Crippen LogP contribution in [0.25, 0.3) is 0 Å². The summed E-state index contributed by atoms with van der Waals surface area (Å²) in [5.41, 5.74) is -0.239. The van der Waals surface area contributed by atoms with Crippen molar-refractivity contribution in [2.24, 2.45) is 0 Å². The summed E-state index contributed by atoms with van der Waals surface area (Å²) in [6, 6.07) is 2.64. The minimum absolute atomic E-state index is 0.0719. The summed E-state index contributed by atoms with van der Waals surface area (Å²) in [7, 11) is 0. The van der Waals surface area contributed by atoms with Crippen LogP contribution in [0.3, 0.4) is 0 Å². The van der Waals surface area contributed by atoms with Crippen LogP contribution in [0.15, 0.2) is 10.6 Å². The monoisotopic (exact) mass is 278 g/mol. The van der Waals surface area contributed by atoms with Gasteiger partial charge in [-0.2, -0.15) is 5.26 Å². The van der Waals surface area contributed by atoms with Gasteiger partial charge in [-0.25, -0.2) is 9.69 Å². The van der Waals surface area contributed by atoms with Crippen LogP contribution in [0.1, 0.15) is 33.5 Å². The molecule has 1 aliphatic heterocycles. The molecule has 7 nitrogen and oxygen atoms in total. The van der Waals surface area contributed by atoms with Gasteiger partial charge in [-0.3, -0.25) is 0 Å². The highest BCUT2D eigenvalue weighted by atomic mass is 16.5. The fourth-order valence-corrected chi connectivity index (χ4v) is 2.06. The number of hydrogen-bond acceptors (Lipinski definition) is 5. The first kappa shape index (κ1) is 14.3. The van der Waals surface area contributed by atoms with Gasteiger partial charge in [-0.15, -0.1) is 0 Å². The molecule has 2 heterocycles. The third-order valence-electron chi connectivity index (χ3n) is 3.36. The summed E-state index contributed by atoms with van der Waals surface area (Å²) in [6.45, 7) is 7.50. The molecule has 0 spiro atoms. The van der Waals surface area contributed by atoms with Crippen LogP contribution in [0.2, 0.25) is 0 Å². The molecule has 1 fully saturated rings. The van der Waals surface area contributed by atoms with E-state index in [4.69, 9.17) is 9.78 Å². The molecule has 2 unspecified atom stereocenters. The molecule has 0 bridgehead atoms. The molecule has 0 radical (unpaired) electrons. The maximum absolute atomic E-state index is 12.2. The van der Waals surface area contributed by atoms with Gasteiger partial charge in [0.15, 0.2) is 12.0 Å². The molecule has 0 aliphatic carbocycles. The summed E-state index contributed by atoms with van der Waals surface area (Å²) in [5, 5.41) is 22.8. The summed E-state index contributed by atoms with van der Waals surface area (Å²) in [6.07, 6.45) is -1.05. The van der Waals surface area contributed by atoms with E-state index in [1.54, 1.807) is 13.0 Å². The first-order chi connectivity index (χ1) is 9.27. The Morgan fingerprint density at radius 1 is 1.55 bits per heavy atom. The van der Waals surface area contributed by atoms with Crippen molar-refractivity contribution in [2.45, 2.75) is 45.4 Å². The van der Waals surface area contributed by atoms with Gasteiger partial charge in [0.05, 0.1) is 12.1 Å².